The van der Waals surface area contributed by atoms with E-state index < -0.39 is 0 Å². The maximum Gasteiger partial charge on any atom is 0.257 e. The van der Waals surface area contributed by atoms with Crippen LogP contribution in [-0.2, 0) is 11.2 Å². The van der Waals surface area contributed by atoms with E-state index in [1.807, 2.05) is 51.1 Å². The van der Waals surface area contributed by atoms with Gasteiger partial charge in [-0.3, -0.25) is 4.79 Å². The van der Waals surface area contributed by atoms with Crippen molar-refractivity contribution in [3.8, 4) is 5.75 Å². The van der Waals surface area contributed by atoms with Crippen molar-refractivity contribution >= 4 is 17.5 Å². The van der Waals surface area contributed by atoms with E-state index in [1.54, 1.807) is 0 Å². The van der Waals surface area contributed by atoms with Crippen molar-refractivity contribution in [2.45, 2.75) is 33.6 Å². The zero-order valence-corrected chi connectivity index (χ0v) is 15.2. The van der Waals surface area contributed by atoms with Crippen molar-refractivity contribution in [1.82, 2.24) is 5.32 Å². The molecule has 128 valence electrons. The fourth-order valence-corrected chi connectivity index (χ4v) is 2.64. The van der Waals surface area contributed by atoms with Crippen LogP contribution in [0.1, 0.15) is 28.7 Å². The van der Waals surface area contributed by atoms with Gasteiger partial charge in [0.25, 0.3) is 5.91 Å². The highest BCUT2D eigenvalue weighted by Crippen LogP contribution is 2.23. The molecule has 1 amide bonds. The molecule has 0 aliphatic heterocycles. The van der Waals surface area contributed by atoms with Crippen LogP contribution in [0.25, 0.3) is 0 Å². The molecule has 0 aromatic heterocycles. The Labute approximate surface area is 149 Å². The van der Waals surface area contributed by atoms with Gasteiger partial charge in [-0.05, 0) is 74.1 Å². The molecule has 0 aliphatic carbocycles. The third-order valence-corrected chi connectivity index (χ3v) is 4.25. The van der Waals surface area contributed by atoms with Crippen molar-refractivity contribution in [3.05, 3.63) is 63.7 Å². The molecule has 1 N–H and O–H groups in total. The molecular weight excluding hydrogens is 322 g/mol. The third-order valence-electron chi connectivity index (χ3n) is 4.00. The largest absolute Gasteiger partial charge is 0.483 e. The van der Waals surface area contributed by atoms with Crippen molar-refractivity contribution in [3.63, 3.8) is 0 Å². The van der Waals surface area contributed by atoms with Gasteiger partial charge in [-0.2, -0.15) is 0 Å². The molecule has 2 aromatic rings. The third kappa shape index (κ3) is 5.57. The lowest BCUT2D eigenvalue weighted by Gasteiger charge is -2.12. The first-order valence-electron chi connectivity index (χ1n) is 8.17. The lowest BCUT2D eigenvalue weighted by Crippen LogP contribution is -2.30. The average molecular weight is 346 g/mol. The molecule has 0 radical (unpaired) electrons. The fraction of sp³-hybridized carbons (Fsp3) is 0.350. The van der Waals surface area contributed by atoms with Crippen LogP contribution in [0.15, 0.2) is 36.4 Å². The number of hydrogen-bond donors (Lipinski definition) is 1. The van der Waals surface area contributed by atoms with Gasteiger partial charge in [0.1, 0.15) is 5.75 Å². The second kappa shape index (κ2) is 8.74. The molecule has 0 unspecified atom stereocenters. The number of rotatable bonds is 7. The summed E-state index contributed by atoms with van der Waals surface area (Å²) in [5.74, 6) is 0.688. The smallest absolute Gasteiger partial charge is 0.257 e. The molecule has 0 spiro atoms. The van der Waals surface area contributed by atoms with Crippen molar-refractivity contribution < 1.29 is 9.53 Å². The standard InChI is InChI=1S/C20H24ClNO2/c1-14-11-15(2)16(3)19(12-14)24-13-20(23)22-10-4-5-17-6-8-18(21)9-7-17/h6-9,11-12H,4-5,10,13H2,1-3H3,(H,22,23). The van der Waals surface area contributed by atoms with E-state index in [9.17, 15) is 4.79 Å². The van der Waals surface area contributed by atoms with Crippen LogP contribution in [0.5, 0.6) is 5.75 Å². The Kier molecular flexibility index (Phi) is 6.68. The van der Waals surface area contributed by atoms with Crippen LogP contribution in [0, 0.1) is 20.8 Å². The van der Waals surface area contributed by atoms with Gasteiger partial charge in [0, 0.05) is 11.6 Å². The van der Waals surface area contributed by atoms with Gasteiger partial charge in [0.05, 0.1) is 0 Å². The number of halogens is 1. The molecule has 0 fully saturated rings. The second-order valence-corrected chi connectivity index (χ2v) is 6.51. The van der Waals surface area contributed by atoms with Crippen LogP contribution < -0.4 is 10.1 Å². The summed E-state index contributed by atoms with van der Waals surface area (Å²) in [5, 5.41) is 3.63. The van der Waals surface area contributed by atoms with Crippen LogP contribution in [0.4, 0.5) is 0 Å². The van der Waals surface area contributed by atoms with E-state index in [-0.39, 0.29) is 12.5 Å². The zero-order valence-electron chi connectivity index (χ0n) is 14.5. The molecule has 3 nitrogen and oxygen atoms in total. The molecule has 0 heterocycles. The molecule has 0 saturated heterocycles. The van der Waals surface area contributed by atoms with E-state index in [0.29, 0.717) is 6.54 Å². The number of benzene rings is 2. The van der Waals surface area contributed by atoms with Gasteiger partial charge in [0.2, 0.25) is 0 Å². The van der Waals surface area contributed by atoms with E-state index in [2.05, 4.69) is 11.4 Å². The quantitative estimate of drug-likeness (QED) is 0.756. The van der Waals surface area contributed by atoms with Crippen LogP contribution in [0.3, 0.4) is 0 Å². The number of aryl methyl sites for hydroxylation is 3. The SMILES string of the molecule is Cc1cc(C)c(C)c(OCC(=O)NCCCc2ccc(Cl)cc2)c1. The first-order valence-corrected chi connectivity index (χ1v) is 8.55. The molecule has 4 heteroatoms. The minimum atomic E-state index is -0.0929. The molecule has 2 rings (SSSR count). The zero-order chi connectivity index (χ0) is 17.5. The molecule has 24 heavy (non-hydrogen) atoms. The number of ether oxygens (including phenoxy) is 1. The number of nitrogens with one attached hydrogen (secondary N) is 1. The first-order chi connectivity index (χ1) is 11.5. The highest BCUT2D eigenvalue weighted by Gasteiger charge is 2.07. The van der Waals surface area contributed by atoms with Gasteiger partial charge < -0.3 is 10.1 Å². The molecule has 0 atom stereocenters. The van der Waals surface area contributed by atoms with Crippen LogP contribution in [0.2, 0.25) is 5.02 Å². The normalized spacial score (nSPS) is 10.5. The second-order valence-electron chi connectivity index (χ2n) is 6.07. The minimum absolute atomic E-state index is 0.0463. The lowest BCUT2D eigenvalue weighted by atomic mass is 10.1. The number of carbonyl (C=O) groups is 1. The fourth-order valence-electron chi connectivity index (χ4n) is 2.52. The Balaban J connectivity index is 1.71. The van der Waals surface area contributed by atoms with Crippen LogP contribution in [-0.4, -0.2) is 19.1 Å². The summed E-state index contributed by atoms with van der Waals surface area (Å²) in [5.41, 5.74) is 4.61. The van der Waals surface area contributed by atoms with E-state index >= 15 is 0 Å². The minimum Gasteiger partial charge on any atom is -0.483 e. The van der Waals surface area contributed by atoms with E-state index in [1.165, 1.54) is 11.1 Å². The topological polar surface area (TPSA) is 38.3 Å². The number of carbonyl (C=O) groups excluding carboxylic acids is 1. The summed E-state index contributed by atoms with van der Waals surface area (Å²) in [6.45, 7) is 6.76. The summed E-state index contributed by atoms with van der Waals surface area (Å²) < 4.78 is 5.66. The van der Waals surface area contributed by atoms with E-state index in [0.717, 1.165) is 34.7 Å². The van der Waals surface area contributed by atoms with Crippen molar-refractivity contribution in [2.75, 3.05) is 13.2 Å². The summed E-state index contributed by atoms with van der Waals surface area (Å²) in [7, 11) is 0. The maximum atomic E-state index is 11.9. The van der Waals surface area contributed by atoms with Crippen molar-refractivity contribution in [2.24, 2.45) is 0 Å². The molecular formula is C20H24ClNO2. The Morgan fingerprint density at radius 2 is 1.83 bits per heavy atom. The summed E-state index contributed by atoms with van der Waals surface area (Å²) in [6, 6.07) is 11.9. The number of hydrogen-bond acceptors (Lipinski definition) is 2. The van der Waals surface area contributed by atoms with Gasteiger partial charge in [-0.25, -0.2) is 0 Å². The Hall–Kier alpha value is -2.00. The number of amides is 1. The lowest BCUT2D eigenvalue weighted by molar-refractivity contribution is -0.123. The Bertz CT molecular complexity index is 696. The predicted octanol–water partition coefficient (Wildman–Crippen LogP) is 4.39. The summed E-state index contributed by atoms with van der Waals surface area (Å²) >= 11 is 5.86. The Morgan fingerprint density at radius 1 is 1.12 bits per heavy atom. The molecule has 0 bridgehead atoms. The highest BCUT2D eigenvalue weighted by atomic mass is 35.5. The van der Waals surface area contributed by atoms with Gasteiger partial charge in [-0.15, -0.1) is 0 Å². The van der Waals surface area contributed by atoms with Crippen molar-refractivity contribution in [1.29, 1.82) is 0 Å². The van der Waals surface area contributed by atoms with Gasteiger partial charge in [-0.1, -0.05) is 29.8 Å². The molecule has 0 aliphatic rings. The highest BCUT2D eigenvalue weighted by molar-refractivity contribution is 6.30. The van der Waals surface area contributed by atoms with Gasteiger partial charge in [0.15, 0.2) is 6.61 Å². The summed E-state index contributed by atoms with van der Waals surface area (Å²) in [4.78, 5) is 11.9. The monoisotopic (exact) mass is 345 g/mol. The molecule has 0 saturated carbocycles. The average Bonchev–Trinajstić information content (AvgIpc) is 2.55. The maximum absolute atomic E-state index is 11.9. The predicted molar refractivity (Wildman–Crippen MR) is 98.9 cm³/mol. The molecule has 2 aromatic carbocycles. The van der Waals surface area contributed by atoms with E-state index in [4.69, 9.17) is 16.3 Å². The van der Waals surface area contributed by atoms with Crippen LogP contribution >= 0.6 is 11.6 Å². The van der Waals surface area contributed by atoms with Gasteiger partial charge >= 0.3 is 0 Å². The summed E-state index contributed by atoms with van der Waals surface area (Å²) in [6.07, 6.45) is 1.80. The Morgan fingerprint density at radius 3 is 2.54 bits per heavy atom. The first kappa shape index (κ1) is 18.3.